The Morgan fingerprint density at radius 2 is 2.29 bits per heavy atom. The zero-order valence-electron chi connectivity index (χ0n) is 9.40. The first-order valence-electron chi connectivity index (χ1n) is 5.35. The summed E-state index contributed by atoms with van der Waals surface area (Å²) in [6, 6.07) is 5.47. The molecule has 0 bridgehead atoms. The number of esters is 1. The summed E-state index contributed by atoms with van der Waals surface area (Å²) in [5.41, 5.74) is 1.59. The molecule has 0 unspecified atom stereocenters. The van der Waals surface area contributed by atoms with E-state index in [0.717, 1.165) is 10.0 Å². The van der Waals surface area contributed by atoms with E-state index in [1.807, 2.05) is 12.1 Å². The second kappa shape index (κ2) is 4.87. The van der Waals surface area contributed by atoms with Crippen LogP contribution in [0, 0.1) is 0 Å². The second-order valence-electron chi connectivity index (χ2n) is 3.73. The van der Waals surface area contributed by atoms with E-state index in [1.54, 1.807) is 13.0 Å². The fraction of sp³-hybridized carbons (Fsp3) is 0.333. The molecule has 0 fully saturated rings. The van der Waals surface area contributed by atoms with Crippen molar-refractivity contribution in [2.45, 2.75) is 13.5 Å². The van der Waals surface area contributed by atoms with Crippen molar-refractivity contribution in [3.05, 3.63) is 33.8 Å². The maximum Gasteiger partial charge on any atom is 0.325 e. The Bertz CT molecular complexity index is 473. The average molecular weight is 298 g/mol. The molecule has 2 rings (SSSR count). The molecule has 0 radical (unpaired) electrons. The molecule has 0 aromatic heterocycles. The molecule has 1 amide bonds. The monoisotopic (exact) mass is 297 g/mol. The number of carbonyl (C=O) groups is 2. The van der Waals surface area contributed by atoms with Crippen molar-refractivity contribution in [3.63, 3.8) is 0 Å². The maximum atomic E-state index is 12.0. The molecule has 4 nitrogen and oxygen atoms in total. The van der Waals surface area contributed by atoms with Crippen LogP contribution in [0.2, 0.25) is 0 Å². The van der Waals surface area contributed by atoms with Crippen molar-refractivity contribution in [2.75, 3.05) is 13.2 Å². The fourth-order valence-electron chi connectivity index (χ4n) is 1.84. The Morgan fingerprint density at radius 3 is 2.94 bits per heavy atom. The van der Waals surface area contributed by atoms with Crippen LogP contribution < -0.4 is 0 Å². The highest BCUT2D eigenvalue weighted by atomic mass is 79.9. The van der Waals surface area contributed by atoms with Gasteiger partial charge in [0.15, 0.2) is 0 Å². The normalized spacial score (nSPS) is 13.8. The molecule has 0 atom stereocenters. The third-order valence-electron chi connectivity index (χ3n) is 2.61. The van der Waals surface area contributed by atoms with Crippen LogP contribution in [0.5, 0.6) is 0 Å². The van der Waals surface area contributed by atoms with Gasteiger partial charge in [-0.25, -0.2) is 0 Å². The number of nitrogens with zero attached hydrogens (tertiary/aromatic N) is 1. The van der Waals surface area contributed by atoms with Gasteiger partial charge in [-0.3, -0.25) is 9.59 Å². The first kappa shape index (κ1) is 12.1. The van der Waals surface area contributed by atoms with Crippen LogP contribution >= 0.6 is 15.9 Å². The zero-order chi connectivity index (χ0) is 12.4. The molecule has 90 valence electrons. The van der Waals surface area contributed by atoms with Crippen LogP contribution in [0.25, 0.3) is 0 Å². The summed E-state index contributed by atoms with van der Waals surface area (Å²) < 4.78 is 5.73. The Morgan fingerprint density at radius 1 is 1.53 bits per heavy atom. The molecule has 1 aliphatic heterocycles. The molecule has 0 N–H and O–H groups in total. The van der Waals surface area contributed by atoms with Gasteiger partial charge < -0.3 is 9.64 Å². The third-order valence-corrected chi connectivity index (χ3v) is 3.35. The van der Waals surface area contributed by atoms with Gasteiger partial charge in [-0.1, -0.05) is 22.0 Å². The first-order chi connectivity index (χ1) is 8.13. The van der Waals surface area contributed by atoms with Crippen LogP contribution in [0.3, 0.4) is 0 Å². The summed E-state index contributed by atoms with van der Waals surface area (Å²) in [5.74, 6) is -0.487. The molecule has 1 aromatic rings. The Balaban J connectivity index is 2.15. The van der Waals surface area contributed by atoms with Crippen molar-refractivity contribution < 1.29 is 14.3 Å². The molecule has 0 aliphatic carbocycles. The van der Waals surface area contributed by atoms with Gasteiger partial charge in [-0.05, 0) is 24.6 Å². The lowest BCUT2D eigenvalue weighted by Crippen LogP contribution is -2.31. The van der Waals surface area contributed by atoms with Gasteiger partial charge in [0.2, 0.25) is 0 Å². The molecule has 1 heterocycles. The Hall–Kier alpha value is -1.36. The fourth-order valence-corrected chi connectivity index (χ4v) is 2.33. The number of carbonyl (C=O) groups excluding carboxylic acids is 2. The molecule has 1 aromatic carbocycles. The number of halogens is 1. The predicted octanol–water partition coefficient (Wildman–Crippen LogP) is 1.97. The standard InChI is InChI=1S/C12H12BrNO3/c1-2-17-11(15)7-14-6-9-8(12(14)16)4-3-5-10(9)13/h3-5H,2,6-7H2,1H3. The van der Waals surface area contributed by atoms with Crippen molar-refractivity contribution >= 4 is 27.8 Å². The van der Waals surface area contributed by atoms with Gasteiger partial charge >= 0.3 is 5.97 Å². The molecular weight excluding hydrogens is 286 g/mol. The highest BCUT2D eigenvalue weighted by Gasteiger charge is 2.30. The minimum absolute atomic E-state index is 0.00773. The average Bonchev–Trinajstić information content (AvgIpc) is 2.59. The summed E-state index contributed by atoms with van der Waals surface area (Å²) in [4.78, 5) is 24.8. The van der Waals surface area contributed by atoms with E-state index in [-0.39, 0.29) is 18.4 Å². The third kappa shape index (κ3) is 2.34. The van der Waals surface area contributed by atoms with Gasteiger partial charge in [0.25, 0.3) is 5.91 Å². The van der Waals surface area contributed by atoms with Crippen molar-refractivity contribution in [1.29, 1.82) is 0 Å². The van der Waals surface area contributed by atoms with Crippen molar-refractivity contribution in [1.82, 2.24) is 4.90 Å². The lowest BCUT2D eigenvalue weighted by Gasteiger charge is -2.13. The van der Waals surface area contributed by atoms with Crippen LogP contribution in [-0.4, -0.2) is 29.9 Å². The number of amides is 1. The molecule has 0 spiro atoms. The smallest absolute Gasteiger partial charge is 0.325 e. The summed E-state index contributed by atoms with van der Waals surface area (Å²) in [7, 11) is 0. The van der Waals surface area contributed by atoms with E-state index < -0.39 is 0 Å². The highest BCUT2D eigenvalue weighted by molar-refractivity contribution is 9.10. The quantitative estimate of drug-likeness (QED) is 0.802. The predicted molar refractivity (Wildman–Crippen MR) is 65.5 cm³/mol. The largest absolute Gasteiger partial charge is 0.465 e. The van der Waals surface area contributed by atoms with E-state index in [9.17, 15) is 9.59 Å². The van der Waals surface area contributed by atoms with Gasteiger partial charge in [0.05, 0.1) is 6.61 Å². The Labute approximate surface area is 108 Å². The number of ether oxygens (including phenoxy) is 1. The number of hydrogen-bond acceptors (Lipinski definition) is 3. The molecule has 17 heavy (non-hydrogen) atoms. The minimum atomic E-state index is -0.371. The van der Waals surface area contributed by atoms with E-state index in [1.165, 1.54) is 4.90 Å². The number of benzene rings is 1. The van der Waals surface area contributed by atoms with Gasteiger partial charge in [0, 0.05) is 16.6 Å². The van der Waals surface area contributed by atoms with Crippen molar-refractivity contribution in [3.8, 4) is 0 Å². The van der Waals surface area contributed by atoms with Crippen LogP contribution in [-0.2, 0) is 16.1 Å². The SMILES string of the molecule is CCOC(=O)CN1Cc2c(Br)cccc2C1=O. The first-order valence-corrected chi connectivity index (χ1v) is 6.15. The molecule has 0 saturated heterocycles. The molecule has 1 aliphatic rings. The van der Waals surface area contributed by atoms with Crippen molar-refractivity contribution in [2.24, 2.45) is 0 Å². The Kier molecular flexibility index (Phi) is 3.47. The summed E-state index contributed by atoms with van der Waals surface area (Å²) in [6.07, 6.45) is 0. The van der Waals surface area contributed by atoms with E-state index >= 15 is 0 Å². The topological polar surface area (TPSA) is 46.6 Å². The number of hydrogen-bond donors (Lipinski definition) is 0. The van der Waals surface area contributed by atoms with Crippen LogP contribution in [0.4, 0.5) is 0 Å². The zero-order valence-corrected chi connectivity index (χ0v) is 11.0. The highest BCUT2D eigenvalue weighted by Crippen LogP contribution is 2.29. The van der Waals surface area contributed by atoms with Crippen LogP contribution in [0.15, 0.2) is 22.7 Å². The lowest BCUT2D eigenvalue weighted by atomic mass is 10.1. The number of rotatable bonds is 3. The maximum absolute atomic E-state index is 12.0. The van der Waals surface area contributed by atoms with E-state index in [2.05, 4.69) is 15.9 Å². The van der Waals surface area contributed by atoms with E-state index in [0.29, 0.717) is 18.7 Å². The minimum Gasteiger partial charge on any atom is -0.465 e. The molecular formula is C12H12BrNO3. The molecule has 5 heteroatoms. The summed E-state index contributed by atoms with van der Waals surface area (Å²) in [6.45, 7) is 2.54. The summed E-state index contributed by atoms with van der Waals surface area (Å²) >= 11 is 3.40. The van der Waals surface area contributed by atoms with Gasteiger partial charge in [-0.15, -0.1) is 0 Å². The lowest BCUT2D eigenvalue weighted by molar-refractivity contribution is -0.143. The van der Waals surface area contributed by atoms with E-state index in [4.69, 9.17) is 4.74 Å². The second-order valence-corrected chi connectivity index (χ2v) is 4.59. The van der Waals surface area contributed by atoms with Gasteiger partial charge in [-0.2, -0.15) is 0 Å². The van der Waals surface area contributed by atoms with Crippen LogP contribution in [0.1, 0.15) is 22.8 Å². The summed E-state index contributed by atoms with van der Waals surface area (Å²) in [5, 5.41) is 0. The molecule has 0 saturated carbocycles. The van der Waals surface area contributed by atoms with Gasteiger partial charge in [0.1, 0.15) is 6.54 Å². The number of fused-ring (bicyclic) bond motifs is 1.